The average Bonchev–Trinajstić information content (AvgIpc) is 2.38. The number of benzene rings is 1. The number of methoxy groups -OCH3 is 1. The second-order valence-corrected chi connectivity index (χ2v) is 4.88. The zero-order chi connectivity index (χ0) is 13.2. The van der Waals surface area contributed by atoms with Crippen molar-refractivity contribution in [3.05, 3.63) is 29.3 Å². The Labute approximate surface area is 112 Å². The first-order valence-electron chi connectivity index (χ1n) is 7.12. The van der Waals surface area contributed by atoms with Gasteiger partial charge in [-0.2, -0.15) is 0 Å². The zero-order valence-corrected chi connectivity index (χ0v) is 12.1. The standard InChI is InChI=1S/C16H27NO/c1-4-11-17-12-7-5-6-8-15-13-14(2)9-10-16(15)18-3/h9-10,13,17H,4-8,11-12H2,1-3H3. The van der Waals surface area contributed by atoms with Gasteiger partial charge in [0.25, 0.3) is 0 Å². The first kappa shape index (κ1) is 15.0. The second-order valence-electron chi connectivity index (χ2n) is 4.88. The molecule has 0 radical (unpaired) electrons. The Kier molecular flexibility index (Phi) is 7.51. The topological polar surface area (TPSA) is 21.3 Å². The maximum atomic E-state index is 5.40. The van der Waals surface area contributed by atoms with Crippen molar-refractivity contribution in [3.8, 4) is 5.75 Å². The van der Waals surface area contributed by atoms with Gasteiger partial charge in [-0.1, -0.05) is 31.0 Å². The van der Waals surface area contributed by atoms with E-state index in [1.54, 1.807) is 7.11 Å². The monoisotopic (exact) mass is 249 g/mol. The number of nitrogens with one attached hydrogen (secondary N) is 1. The number of hydrogen-bond donors (Lipinski definition) is 1. The Bertz CT molecular complexity index is 336. The highest BCUT2D eigenvalue weighted by Crippen LogP contribution is 2.21. The van der Waals surface area contributed by atoms with E-state index in [1.165, 1.54) is 36.8 Å². The van der Waals surface area contributed by atoms with Crippen LogP contribution in [0.5, 0.6) is 5.75 Å². The molecule has 0 bridgehead atoms. The van der Waals surface area contributed by atoms with Crippen LogP contribution >= 0.6 is 0 Å². The van der Waals surface area contributed by atoms with E-state index in [4.69, 9.17) is 4.74 Å². The SMILES string of the molecule is CCCNCCCCCc1cc(C)ccc1OC. The number of hydrogen-bond acceptors (Lipinski definition) is 2. The molecule has 0 spiro atoms. The summed E-state index contributed by atoms with van der Waals surface area (Å²) in [5, 5.41) is 3.44. The van der Waals surface area contributed by atoms with Gasteiger partial charge in [0.1, 0.15) is 5.75 Å². The largest absolute Gasteiger partial charge is 0.496 e. The highest BCUT2D eigenvalue weighted by atomic mass is 16.5. The van der Waals surface area contributed by atoms with Crippen molar-refractivity contribution in [2.24, 2.45) is 0 Å². The molecule has 0 heterocycles. The molecule has 0 unspecified atom stereocenters. The summed E-state index contributed by atoms with van der Waals surface area (Å²) in [7, 11) is 1.75. The molecule has 2 heteroatoms. The number of ether oxygens (including phenoxy) is 1. The molecule has 0 aliphatic rings. The Balaban J connectivity index is 2.24. The van der Waals surface area contributed by atoms with Crippen LogP contribution in [-0.4, -0.2) is 20.2 Å². The third kappa shape index (κ3) is 5.54. The maximum Gasteiger partial charge on any atom is 0.122 e. The fourth-order valence-corrected chi connectivity index (χ4v) is 2.15. The first-order chi connectivity index (χ1) is 8.77. The van der Waals surface area contributed by atoms with Crippen LogP contribution < -0.4 is 10.1 Å². The van der Waals surface area contributed by atoms with Crippen molar-refractivity contribution in [1.82, 2.24) is 5.32 Å². The van der Waals surface area contributed by atoms with Crippen LogP contribution in [-0.2, 0) is 6.42 Å². The van der Waals surface area contributed by atoms with Gasteiger partial charge in [0.05, 0.1) is 7.11 Å². The summed E-state index contributed by atoms with van der Waals surface area (Å²) in [4.78, 5) is 0. The van der Waals surface area contributed by atoms with Crippen molar-refractivity contribution in [3.63, 3.8) is 0 Å². The molecule has 18 heavy (non-hydrogen) atoms. The van der Waals surface area contributed by atoms with Gasteiger partial charge in [0, 0.05) is 0 Å². The third-order valence-electron chi connectivity index (χ3n) is 3.16. The molecule has 1 aromatic carbocycles. The summed E-state index contributed by atoms with van der Waals surface area (Å²) >= 11 is 0. The van der Waals surface area contributed by atoms with Gasteiger partial charge in [0.2, 0.25) is 0 Å². The lowest BCUT2D eigenvalue weighted by Gasteiger charge is -2.09. The van der Waals surface area contributed by atoms with Gasteiger partial charge in [-0.15, -0.1) is 0 Å². The van der Waals surface area contributed by atoms with Gasteiger partial charge in [-0.3, -0.25) is 0 Å². The molecule has 0 atom stereocenters. The summed E-state index contributed by atoms with van der Waals surface area (Å²) in [6.07, 6.45) is 6.15. The van der Waals surface area contributed by atoms with Gasteiger partial charge >= 0.3 is 0 Å². The number of rotatable bonds is 9. The quantitative estimate of drug-likeness (QED) is 0.674. The molecule has 2 nitrogen and oxygen atoms in total. The molecule has 1 aromatic rings. The van der Waals surface area contributed by atoms with E-state index in [2.05, 4.69) is 37.4 Å². The molecule has 0 aliphatic heterocycles. The van der Waals surface area contributed by atoms with E-state index in [0.717, 1.165) is 25.3 Å². The zero-order valence-electron chi connectivity index (χ0n) is 12.1. The summed E-state index contributed by atoms with van der Waals surface area (Å²) in [6.45, 7) is 6.64. The Morgan fingerprint density at radius 3 is 2.67 bits per heavy atom. The average molecular weight is 249 g/mol. The third-order valence-corrected chi connectivity index (χ3v) is 3.16. The molecular weight excluding hydrogens is 222 g/mol. The molecule has 0 aromatic heterocycles. The molecule has 0 saturated carbocycles. The molecule has 1 N–H and O–H groups in total. The van der Waals surface area contributed by atoms with E-state index in [9.17, 15) is 0 Å². The molecule has 1 rings (SSSR count). The number of aryl methyl sites for hydroxylation is 2. The van der Waals surface area contributed by atoms with E-state index in [1.807, 2.05) is 0 Å². The number of unbranched alkanes of at least 4 members (excludes halogenated alkanes) is 2. The van der Waals surface area contributed by atoms with Gasteiger partial charge < -0.3 is 10.1 Å². The van der Waals surface area contributed by atoms with Crippen LogP contribution in [0.3, 0.4) is 0 Å². The second kappa shape index (κ2) is 8.98. The van der Waals surface area contributed by atoms with E-state index in [-0.39, 0.29) is 0 Å². The summed E-state index contributed by atoms with van der Waals surface area (Å²) in [6, 6.07) is 6.43. The minimum atomic E-state index is 1.03. The van der Waals surface area contributed by atoms with Gasteiger partial charge in [-0.25, -0.2) is 0 Å². The minimum Gasteiger partial charge on any atom is -0.496 e. The van der Waals surface area contributed by atoms with Gasteiger partial charge in [0.15, 0.2) is 0 Å². The fourth-order valence-electron chi connectivity index (χ4n) is 2.15. The van der Waals surface area contributed by atoms with Crippen molar-refractivity contribution >= 4 is 0 Å². The first-order valence-corrected chi connectivity index (χ1v) is 7.12. The van der Waals surface area contributed by atoms with Crippen LogP contribution in [0, 0.1) is 6.92 Å². The van der Waals surface area contributed by atoms with Crippen molar-refractivity contribution in [2.75, 3.05) is 20.2 Å². The lowest BCUT2D eigenvalue weighted by Crippen LogP contribution is -2.15. The molecule has 0 saturated heterocycles. The predicted molar refractivity (Wildman–Crippen MR) is 78.4 cm³/mol. The van der Waals surface area contributed by atoms with Crippen LogP contribution in [0.15, 0.2) is 18.2 Å². The molecular formula is C16H27NO. The van der Waals surface area contributed by atoms with Crippen LogP contribution in [0.25, 0.3) is 0 Å². The van der Waals surface area contributed by atoms with Crippen molar-refractivity contribution in [1.29, 1.82) is 0 Å². The van der Waals surface area contributed by atoms with Crippen LogP contribution in [0.2, 0.25) is 0 Å². The summed E-state index contributed by atoms with van der Waals surface area (Å²) in [5.74, 6) is 1.03. The highest BCUT2D eigenvalue weighted by Gasteiger charge is 2.02. The smallest absolute Gasteiger partial charge is 0.122 e. The Morgan fingerprint density at radius 2 is 1.94 bits per heavy atom. The van der Waals surface area contributed by atoms with E-state index < -0.39 is 0 Å². The maximum absolute atomic E-state index is 5.40. The van der Waals surface area contributed by atoms with Crippen molar-refractivity contribution in [2.45, 2.75) is 46.0 Å². The predicted octanol–water partition coefficient (Wildman–Crippen LogP) is 3.72. The van der Waals surface area contributed by atoms with E-state index in [0.29, 0.717) is 0 Å². The molecule has 0 aliphatic carbocycles. The Hall–Kier alpha value is -1.02. The normalized spacial score (nSPS) is 10.6. The van der Waals surface area contributed by atoms with E-state index >= 15 is 0 Å². The van der Waals surface area contributed by atoms with Crippen LogP contribution in [0.1, 0.15) is 43.7 Å². The van der Waals surface area contributed by atoms with Crippen LogP contribution in [0.4, 0.5) is 0 Å². The minimum absolute atomic E-state index is 1.03. The molecule has 102 valence electrons. The highest BCUT2D eigenvalue weighted by molar-refractivity contribution is 5.36. The summed E-state index contributed by atoms with van der Waals surface area (Å²) < 4.78 is 5.40. The van der Waals surface area contributed by atoms with Gasteiger partial charge in [-0.05, 0) is 57.3 Å². The van der Waals surface area contributed by atoms with Crippen molar-refractivity contribution < 1.29 is 4.74 Å². The Morgan fingerprint density at radius 1 is 1.11 bits per heavy atom. The lowest BCUT2D eigenvalue weighted by atomic mass is 10.0. The lowest BCUT2D eigenvalue weighted by molar-refractivity contribution is 0.408. The summed E-state index contributed by atoms with van der Waals surface area (Å²) in [5.41, 5.74) is 2.66. The fraction of sp³-hybridized carbons (Fsp3) is 0.625. The molecule has 0 fully saturated rings. The molecule has 0 amide bonds.